The number of hydrogen-bond donors (Lipinski definition) is 4. The van der Waals surface area contributed by atoms with Crippen LogP contribution in [-0.4, -0.2) is 56.2 Å². The molecule has 1 heterocycles. The lowest BCUT2D eigenvalue weighted by atomic mass is 10.3. The first-order valence-electron chi connectivity index (χ1n) is 3.37. The van der Waals surface area contributed by atoms with E-state index in [0.29, 0.717) is 0 Å². The normalized spacial score (nSPS) is 22.8. The Morgan fingerprint density at radius 1 is 1.00 bits per heavy atom. The van der Waals surface area contributed by atoms with Crippen LogP contribution in [-0.2, 0) is 4.74 Å². The van der Waals surface area contributed by atoms with E-state index in [1.807, 2.05) is 0 Å². The average Bonchev–Trinajstić information content (AvgIpc) is 2.33. The van der Waals surface area contributed by atoms with E-state index in [-0.39, 0.29) is 13.2 Å². The highest BCUT2D eigenvalue weighted by molar-refractivity contribution is 4.71. The summed E-state index contributed by atoms with van der Waals surface area (Å²) in [6.45, 7) is 0.558. The van der Waals surface area contributed by atoms with Crippen LogP contribution < -0.4 is 0 Å². The minimum atomic E-state index is -1.50. The van der Waals surface area contributed by atoms with Gasteiger partial charge in [0.1, 0.15) is 12.2 Å². The maximum atomic E-state index is 8.62. The molecule has 1 saturated heterocycles. The molecule has 0 bridgehead atoms. The molecule has 90 valence electrons. The summed E-state index contributed by atoms with van der Waals surface area (Å²) < 4.78 is 4.67. The highest BCUT2D eigenvalue weighted by atomic mass is 16.9. The minimum Gasteiger partial charge on any atom is -0.388 e. The van der Waals surface area contributed by atoms with Crippen LogP contribution in [0.5, 0.6) is 0 Å². The topological polar surface area (TPSA) is 176 Å². The van der Waals surface area contributed by atoms with Gasteiger partial charge in [0.05, 0.1) is 13.2 Å². The summed E-state index contributed by atoms with van der Waals surface area (Å²) >= 11 is 0. The van der Waals surface area contributed by atoms with Gasteiger partial charge in [-0.3, -0.25) is 0 Å². The Morgan fingerprint density at radius 3 is 1.27 bits per heavy atom. The van der Waals surface area contributed by atoms with Crippen LogP contribution >= 0.6 is 0 Å². The zero-order chi connectivity index (χ0) is 12.4. The van der Waals surface area contributed by atoms with Gasteiger partial charge in [0.25, 0.3) is 10.2 Å². The highest BCUT2D eigenvalue weighted by Gasteiger charge is 2.22. The Kier molecular flexibility index (Phi) is 9.30. The maximum Gasteiger partial charge on any atom is 0.291 e. The summed E-state index contributed by atoms with van der Waals surface area (Å²) in [7, 11) is 0. The zero-order valence-electron chi connectivity index (χ0n) is 7.29. The van der Waals surface area contributed by atoms with E-state index < -0.39 is 22.4 Å². The third-order valence-corrected chi connectivity index (χ3v) is 1.02. The largest absolute Gasteiger partial charge is 0.388 e. The minimum absolute atomic E-state index is 0.279. The van der Waals surface area contributed by atoms with Crippen LogP contribution in [0.1, 0.15) is 0 Å². The lowest BCUT2D eigenvalue weighted by Crippen LogP contribution is -2.22. The second-order valence-electron chi connectivity index (χ2n) is 2.15. The predicted octanol–water partition coefficient (Wildman–Crippen LogP) is -1.96. The molecule has 1 rings (SSSR count). The molecule has 0 spiro atoms. The van der Waals surface area contributed by atoms with Gasteiger partial charge in [0.2, 0.25) is 0 Å². The summed E-state index contributed by atoms with van der Waals surface area (Å²) in [6.07, 6.45) is -1.31. The fraction of sp³-hybridized carbons (Fsp3) is 1.00. The number of hydrogen-bond acceptors (Lipinski definition) is 7. The van der Waals surface area contributed by atoms with E-state index in [0.717, 1.165) is 0 Å². The van der Waals surface area contributed by atoms with Crippen LogP contribution in [0.3, 0.4) is 0 Å². The Morgan fingerprint density at radius 2 is 1.20 bits per heavy atom. The van der Waals surface area contributed by atoms with Crippen LogP contribution in [0, 0.1) is 20.2 Å². The standard InChI is InChI=1S/C4H8O3.2HNO3/c5-3-1-7-2-4(3)6;2*2-1(3)4/h3-6H,1-2H2;2*(H,2,3,4). The molecule has 1 fully saturated rings. The molecule has 0 radical (unpaired) electrons. The monoisotopic (exact) mass is 230 g/mol. The lowest BCUT2D eigenvalue weighted by Gasteiger charge is -2.00. The Balaban J connectivity index is 0. The average molecular weight is 230 g/mol. The van der Waals surface area contributed by atoms with Crippen molar-refractivity contribution in [2.45, 2.75) is 12.2 Å². The molecule has 1 aliphatic rings. The third-order valence-electron chi connectivity index (χ3n) is 1.02. The maximum absolute atomic E-state index is 8.62. The van der Waals surface area contributed by atoms with Gasteiger partial charge in [-0.25, -0.2) is 0 Å². The van der Waals surface area contributed by atoms with Crippen molar-refractivity contribution in [3.63, 3.8) is 0 Å². The molecule has 0 aliphatic carbocycles. The van der Waals surface area contributed by atoms with Crippen molar-refractivity contribution in [3.8, 4) is 0 Å². The summed E-state index contributed by atoms with van der Waals surface area (Å²) in [6, 6.07) is 0. The molecule has 2 unspecified atom stereocenters. The van der Waals surface area contributed by atoms with E-state index in [1.54, 1.807) is 0 Å². The van der Waals surface area contributed by atoms with Gasteiger partial charge in [-0.2, -0.15) is 0 Å². The van der Waals surface area contributed by atoms with E-state index in [4.69, 9.17) is 40.9 Å². The van der Waals surface area contributed by atoms with Gasteiger partial charge in [0.15, 0.2) is 0 Å². The van der Waals surface area contributed by atoms with Crippen molar-refractivity contribution < 1.29 is 35.5 Å². The van der Waals surface area contributed by atoms with Gasteiger partial charge < -0.3 is 25.4 Å². The first-order valence-corrected chi connectivity index (χ1v) is 3.37. The number of aliphatic hydroxyl groups excluding tert-OH is 2. The molecule has 4 N–H and O–H groups in total. The third kappa shape index (κ3) is 18.9. The molecule has 15 heavy (non-hydrogen) atoms. The Bertz CT molecular complexity index is 169. The number of rotatable bonds is 0. The molecule has 0 aromatic rings. The van der Waals surface area contributed by atoms with Crippen LogP contribution in [0.2, 0.25) is 0 Å². The first kappa shape index (κ1) is 15.7. The molecule has 0 saturated carbocycles. The van der Waals surface area contributed by atoms with Gasteiger partial charge in [0, 0.05) is 0 Å². The second kappa shape index (κ2) is 8.86. The SMILES string of the molecule is O=[N+]([O-])O.O=[N+]([O-])O.OC1COCC1O. The van der Waals surface area contributed by atoms with Crippen LogP contribution in [0.25, 0.3) is 0 Å². The Labute approximate surface area is 82.3 Å². The fourth-order valence-corrected chi connectivity index (χ4v) is 0.532. The quantitative estimate of drug-likeness (QED) is 0.271. The van der Waals surface area contributed by atoms with Crippen molar-refractivity contribution in [2.75, 3.05) is 13.2 Å². The van der Waals surface area contributed by atoms with Crippen molar-refractivity contribution >= 4 is 0 Å². The molecule has 0 aromatic heterocycles. The molecule has 0 aromatic carbocycles. The molecular formula is C4H10N2O9. The van der Waals surface area contributed by atoms with E-state index in [2.05, 4.69) is 4.74 Å². The van der Waals surface area contributed by atoms with Crippen LogP contribution in [0.4, 0.5) is 0 Å². The lowest BCUT2D eigenvalue weighted by molar-refractivity contribution is -0.742. The number of nitrogens with zero attached hydrogens (tertiary/aromatic N) is 2. The number of aliphatic hydroxyl groups is 2. The summed E-state index contributed by atoms with van der Waals surface area (Å²) in [5.74, 6) is 0. The van der Waals surface area contributed by atoms with E-state index in [1.165, 1.54) is 0 Å². The first-order chi connectivity index (χ1) is 6.77. The highest BCUT2D eigenvalue weighted by Crippen LogP contribution is 2.02. The van der Waals surface area contributed by atoms with Crippen molar-refractivity contribution in [1.29, 1.82) is 0 Å². The zero-order valence-corrected chi connectivity index (χ0v) is 7.29. The van der Waals surface area contributed by atoms with Gasteiger partial charge >= 0.3 is 0 Å². The smallest absolute Gasteiger partial charge is 0.291 e. The molecule has 11 nitrogen and oxygen atoms in total. The molecular weight excluding hydrogens is 220 g/mol. The number of ether oxygens (including phenoxy) is 1. The summed E-state index contributed by atoms with van der Waals surface area (Å²) in [5.41, 5.74) is 0. The van der Waals surface area contributed by atoms with E-state index >= 15 is 0 Å². The van der Waals surface area contributed by atoms with Crippen molar-refractivity contribution in [2.24, 2.45) is 0 Å². The predicted molar refractivity (Wildman–Crippen MR) is 40.4 cm³/mol. The second-order valence-corrected chi connectivity index (χ2v) is 2.15. The molecule has 1 aliphatic heterocycles. The fourth-order valence-electron chi connectivity index (χ4n) is 0.532. The van der Waals surface area contributed by atoms with Gasteiger partial charge in [-0.15, -0.1) is 20.2 Å². The molecule has 11 heteroatoms. The summed E-state index contributed by atoms with van der Waals surface area (Å²) in [4.78, 5) is 16.7. The molecule has 0 amide bonds. The van der Waals surface area contributed by atoms with Gasteiger partial charge in [-0.05, 0) is 0 Å². The van der Waals surface area contributed by atoms with Crippen molar-refractivity contribution in [1.82, 2.24) is 0 Å². The van der Waals surface area contributed by atoms with Gasteiger partial charge in [-0.1, -0.05) is 0 Å². The van der Waals surface area contributed by atoms with Crippen molar-refractivity contribution in [3.05, 3.63) is 20.2 Å². The van der Waals surface area contributed by atoms with E-state index in [9.17, 15) is 0 Å². The Hall–Kier alpha value is -1.72. The van der Waals surface area contributed by atoms with Crippen LogP contribution in [0.15, 0.2) is 0 Å². The summed E-state index contributed by atoms with van der Waals surface area (Å²) in [5, 5.41) is 44.5. The molecule has 2 atom stereocenters.